The average molecular weight is 288 g/mol. The normalized spacial score (nSPS) is 17.2. The molecular formula is C16H20N2OS. The molecule has 1 aromatic carbocycles. The third kappa shape index (κ3) is 3.77. The summed E-state index contributed by atoms with van der Waals surface area (Å²) in [6, 6.07) is 10.3. The maximum atomic E-state index is 12.1. The van der Waals surface area contributed by atoms with Crippen LogP contribution in [0.2, 0.25) is 0 Å². The van der Waals surface area contributed by atoms with Gasteiger partial charge in [0.05, 0.1) is 11.8 Å². The summed E-state index contributed by atoms with van der Waals surface area (Å²) in [6.45, 7) is 2.04. The van der Waals surface area contributed by atoms with Gasteiger partial charge in [-0.2, -0.15) is 5.26 Å². The van der Waals surface area contributed by atoms with Crippen molar-refractivity contribution >= 4 is 17.7 Å². The Hall–Kier alpha value is -1.47. The fourth-order valence-corrected chi connectivity index (χ4v) is 3.41. The molecule has 2 rings (SSSR count). The number of hydrogen-bond donors (Lipinski definition) is 1. The maximum absolute atomic E-state index is 12.1. The molecular weight excluding hydrogens is 268 g/mol. The summed E-state index contributed by atoms with van der Waals surface area (Å²) in [7, 11) is 0. The van der Waals surface area contributed by atoms with Gasteiger partial charge < -0.3 is 5.32 Å². The maximum Gasteiger partial charge on any atom is 0.231 e. The van der Waals surface area contributed by atoms with E-state index < -0.39 is 5.54 Å². The average Bonchev–Trinajstić information content (AvgIpc) is 2.47. The third-order valence-electron chi connectivity index (χ3n) is 3.75. The van der Waals surface area contributed by atoms with Crippen molar-refractivity contribution in [2.75, 3.05) is 5.75 Å². The molecule has 0 radical (unpaired) electrons. The van der Waals surface area contributed by atoms with Crippen molar-refractivity contribution in [2.45, 2.75) is 49.5 Å². The topological polar surface area (TPSA) is 52.9 Å². The number of nitrogens with one attached hydrogen (secondary N) is 1. The number of rotatable bonds is 4. The highest BCUT2D eigenvalue weighted by atomic mass is 32.2. The number of aryl methyl sites for hydroxylation is 1. The van der Waals surface area contributed by atoms with Crippen molar-refractivity contribution in [3.63, 3.8) is 0 Å². The zero-order valence-corrected chi connectivity index (χ0v) is 12.6. The Morgan fingerprint density at radius 2 is 2.05 bits per heavy atom. The van der Waals surface area contributed by atoms with Crippen molar-refractivity contribution in [3.05, 3.63) is 29.8 Å². The fraction of sp³-hybridized carbons (Fsp3) is 0.500. The van der Waals surface area contributed by atoms with E-state index in [-0.39, 0.29) is 5.91 Å². The molecule has 0 unspecified atom stereocenters. The van der Waals surface area contributed by atoms with E-state index in [0.29, 0.717) is 5.75 Å². The van der Waals surface area contributed by atoms with Gasteiger partial charge in [-0.15, -0.1) is 11.8 Å². The van der Waals surface area contributed by atoms with E-state index in [0.717, 1.165) is 37.0 Å². The smallest absolute Gasteiger partial charge is 0.231 e. The molecule has 4 heteroatoms. The van der Waals surface area contributed by atoms with Gasteiger partial charge >= 0.3 is 0 Å². The predicted molar refractivity (Wildman–Crippen MR) is 81.5 cm³/mol. The summed E-state index contributed by atoms with van der Waals surface area (Å²) < 4.78 is 0. The zero-order chi connectivity index (χ0) is 14.4. The Morgan fingerprint density at radius 1 is 1.35 bits per heavy atom. The van der Waals surface area contributed by atoms with Crippen molar-refractivity contribution in [2.24, 2.45) is 0 Å². The standard InChI is InChI=1S/C16H20N2OS/c1-13-7-3-4-8-14(13)20-11-15(19)18-16(12-17)9-5-2-6-10-16/h3-4,7-8H,2,5-6,9-11H2,1H3,(H,18,19). The molecule has 0 aliphatic heterocycles. The molecule has 1 N–H and O–H groups in total. The predicted octanol–water partition coefficient (Wildman–Crippen LogP) is 3.43. The lowest BCUT2D eigenvalue weighted by atomic mass is 9.83. The highest BCUT2D eigenvalue weighted by molar-refractivity contribution is 8.00. The molecule has 0 heterocycles. The molecule has 0 bridgehead atoms. The second-order valence-corrected chi connectivity index (χ2v) is 6.37. The number of hydrogen-bond acceptors (Lipinski definition) is 3. The van der Waals surface area contributed by atoms with Crippen LogP contribution in [0.15, 0.2) is 29.2 Å². The molecule has 1 aliphatic rings. The van der Waals surface area contributed by atoms with Gasteiger partial charge in [0.25, 0.3) is 0 Å². The third-order valence-corrected chi connectivity index (χ3v) is 4.93. The molecule has 0 spiro atoms. The first-order valence-electron chi connectivity index (χ1n) is 7.06. The van der Waals surface area contributed by atoms with Crippen LogP contribution in [-0.4, -0.2) is 17.2 Å². The Morgan fingerprint density at radius 3 is 2.70 bits per heavy atom. The molecule has 1 fully saturated rings. The molecule has 1 saturated carbocycles. The zero-order valence-electron chi connectivity index (χ0n) is 11.8. The van der Waals surface area contributed by atoms with Gasteiger partial charge in [-0.3, -0.25) is 4.79 Å². The summed E-state index contributed by atoms with van der Waals surface area (Å²) in [5.41, 5.74) is 0.555. The van der Waals surface area contributed by atoms with Crippen LogP contribution < -0.4 is 5.32 Å². The van der Waals surface area contributed by atoms with Crippen LogP contribution in [0.5, 0.6) is 0 Å². The highest BCUT2D eigenvalue weighted by Gasteiger charge is 2.33. The molecule has 0 saturated heterocycles. The SMILES string of the molecule is Cc1ccccc1SCC(=O)NC1(C#N)CCCCC1. The first kappa shape index (κ1) is 14.9. The fourth-order valence-electron chi connectivity index (χ4n) is 2.58. The van der Waals surface area contributed by atoms with Crippen LogP contribution in [0.3, 0.4) is 0 Å². The van der Waals surface area contributed by atoms with Crippen LogP contribution in [0.4, 0.5) is 0 Å². The van der Waals surface area contributed by atoms with Crippen LogP contribution in [0.25, 0.3) is 0 Å². The highest BCUT2D eigenvalue weighted by Crippen LogP contribution is 2.28. The summed E-state index contributed by atoms with van der Waals surface area (Å²) in [5.74, 6) is 0.329. The van der Waals surface area contributed by atoms with Gasteiger partial charge in [-0.05, 0) is 31.4 Å². The largest absolute Gasteiger partial charge is 0.337 e. The van der Waals surface area contributed by atoms with Gasteiger partial charge in [0.15, 0.2) is 0 Å². The lowest BCUT2D eigenvalue weighted by molar-refractivity contribution is -0.120. The first-order valence-corrected chi connectivity index (χ1v) is 8.04. The van der Waals surface area contributed by atoms with Gasteiger partial charge in [-0.25, -0.2) is 0 Å². The molecule has 3 nitrogen and oxygen atoms in total. The van der Waals surface area contributed by atoms with E-state index in [1.165, 1.54) is 17.3 Å². The number of amides is 1. The number of thioether (sulfide) groups is 1. The number of benzene rings is 1. The summed E-state index contributed by atoms with van der Waals surface area (Å²) in [4.78, 5) is 13.2. The van der Waals surface area contributed by atoms with Crippen LogP contribution >= 0.6 is 11.8 Å². The van der Waals surface area contributed by atoms with Gasteiger partial charge in [0.1, 0.15) is 5.54 Å². The van der Waals surface area contributed by atoms with E-state index in [4.69, 9.17) is 0 Å². The summed E-state index contributed by atoms with van der Waals surface area (Å²) in [5, 5.41) is 12.3. The van der Waals surface area contributed by atoms with Crippen molar-refractivity contribution in [1.82, 2.24) is 5.32 Å². The Kier molecular flexibility index (Phi) is 5.08. The second kappa shape index (κ2) is 6.81. The monoisotopic (exact) mass is 288 g/mol. The number of nitriles is 1. The Labute approximate surface area is 124 Å². The second-order valence-electron chi connectivity index (χ2n) is 5.36. The molecule has 1 aliphatic carbocycles. The minimum absolute atomic E-state index is 0.0401. The van der Waals surface area contributed by atoms with E-state index in [1.807, 2.05) is 31.2 Å². The van der Waals surface area contributed by atoms with E-state index in [1.54, 1.807) is 0 Å². The van der Waals surface area contributed by atoms with Crippen LogP contribution in [-0.2, 0) is 4.79 Å². The van der Waals surface area contributed by atoms with Crippen molar-refractivity contribution < 1.29 is 4.79 Å². The number of carbonyl (C=O) groups excluding carboxylic acids is 1. The first-order chi connectivity index (χ1) is 9.65. The molecule has 106 valence electrons. The number of nitrogens with zero attached hydrogens (tertiary/aromatic N) is 1. The van der Waals surface area contributed by atoms with Crippen molar-refractivity contribution in [1.29, 1.82) is 5.26 Å². The Balaban J connectivity index is 1.89. The lowest BCUT2D eigenvalue weighted by Gasteiger charge is -2.31. The van der Waals surface area contributed by atoms with E-state index in [9.17, 15) is 10.1 Å². The van der Waals surface area contributed by atoms with Gasteiger partial charge in [0.2, 0.25) is 5.91 Å². The minimum atomic E-state index is -0.623. The van der Waals surface area contributed by atoms with Gasteiger partial charge in [-0.1, -0.05) is 37.5 Å². The molecule has 20 heavy (non-hydrogen) atoms. The minimum Gasteiger partial charge on any atom is -0.337 e. The van der Waals surface area contributed by atoms with E-state index in [2.05, 4.69) is 11.4 Å². The lowest BCUT2D eigenvalue weighted by Crippen LogP contribution is -2.49. The van der Waals surface area contributed by atoms with Gasteiger partial charge in [0, 0.05) is 4.90 Å². The quantitative estimate of drug-likeness (QED) is 0.864. The molecule has 1 aromatic rings. The Bertz CT molecular complexity index is 515. The number of carbonyl (C=O) groups is 1. The summed E-state index contributed by atoms with van der Waals surface area (Å²) in [6.07, 6.45) is 4.78. The molecule has 0 aromatic heterocycles. The molecule has 1 amide bonds. The van der Waals surface area contributed by atoms with Crippen LogP contribution in [0.1, 0.15) is 37.7 Å². The molecule has 0 atom stereocenters. The van der Waals surface area contributed by atoms with Crippen LogP contribution in [0, 0.1) is 18.3 Å². The van der Waals surface area contributed by atoms with Crippen molar-refractivity contribution in [3.8, 4) is 6.07 Å². The summed E-state index contributed by atoms with van der Waals surface area (Å²) >= 11 is 1.53. The van der Waals surface area contributed by atoms with E-state index >= 15 is 0 Å².